The van der Waals surface area contributed by atoms with E-state index in [4.69, 9.17) is 0 Å². The summed E-state index contributed by atoms with van der Waals surface area (Å²) in [5.74, 6) is -0.615. The minimum Gasteiger partial charge on any atom is -0.491 e. The van der Waals surface area contributed by atoms with Crippen LogP contribution in [0.3, 0.4) is 0 Å². The topological polar surface area (TPSA) is 99.3 Å². The van der Waals surface area contributed by atoms with Crippen LogP contribution >= 0.6 is 0 Å². The average Bonchev–Trinajstić information content (AvgIpc) is 2.92. The molecule has 2 aliphatic rings. The van der Waals surface area contributed by atoms with Crippen LogP contribution < -0.4 is 20.9 Å². The number of alkyl halides is 3. The number of rotatable bonds is 1. The van der Waals surface area contributed by atoms with Gasteiger partial charge in [-0.3, -0.25) is 4.79 Å². The molecule has 26 heavy (non-hydrogen) atoms. The Bertz CT molecular complexity index is 896. The highest BCUT2D eigenvalue weighted by atomic mass is 19.4. The Balaban J connectivity index is 0.00000196. The molecule has 4 rings (SSSR count). The van der Waals surface area contributed by atoms with Crippen LogP contribution in [-0.2, 0) is 6.18 Å². The third-order valence-electron chi connectivity index (χ3n) is 3.92. The highest BCUT2D eigenvalue weighted by Gasteiger charge is 2.38. The van der Waals surface area contributed by atoms with Gasteiger partial charge in [-0.05, 0) is 36.4 Å². The standard InChI is InChI=1S/C16H11F3N4O2.H2O/c17-16(18,19)9-5-7-10(8-6-9)22-15(25)13-20-14(24)11-3-1-2-4-12(11)23(13)21-22;/h1-8,21,25H,(H,20,24);1H2. The number of carbonyl (C=O) groups is 1. The van der Waals surface area contributed by atoms with Gasteiger partial charge in [0.2, 0.25) is 0 Å². The van der Waals surface area contributed by atoms with Gasteiger partial charge in [0.15, 0.2) is 5.82 Å². The molecule has 10 heteroatoms. The molecule has 0 atom stereocenters. The summed E-state index contributed by atoms with van der Waals surface area (Å²) in [5, 5.41) is 15.6. The van der Waals surface area contributed by atoms with Gasteiger partial charge in [-0.1, -0.05) is 12.1 Å². The molecule has 0 fully saturated rings. The highest BCUT2D eigenvalue weighted by molar-refractivity contribution is 6.03. The van der Waals surface area contributed by atoms with Crippen LogP contribution in [0.5, 0.6) is 0 Å². The van der Waals surface area contributed by atoms with Crippen molar-refractivity contribution in [2.75, 3.05) is 10.0 Å². The molecular weight excluding hydrogens is 353 g/mol. The van der Waals surface area contributed by atoms with E-state index in [0.717, 1.165) is 12.1 Å². The van der Waals surface area contributed by atoms with E-state index in [0.29, 0.717) is 11.3 Å². The second-order valence-corrected chi connectivity index (χ2v) is 5.46. The number of aliphatic hydroxyl groups excluding tert-OH is 1. The fourth-order valence-corrected chi connectivity index (χ4v) is 2.70. The fraction of sp³-hybridized carbons (Fsp3) is 0.0625. The van der Waals surface area contributed by atoms with E-state index in [-0.39, 0.29) is 28.8 Å². The minimum absolute atomic E-state index is 0. The number of para-hydroxylation sites is 1. The number of nitrogens with one attached hydrogen (secondary N) is 2. The molecule has 0 aromatic heterocycles. The Labute approximate surface area is 145 Å². The number of hydrazine groups is 2. The third-order valence-corrected chi connectivity index (χ3v) is 3.92. The first-order chi connectivity index (χ1) is 11.9. The number of nitrogens with zero attached hydrogens (tertiary/aromatic N) is 2. The van der Waals surface area contributed by atoms with Crippen LogP contribution in [0.4, 0.5) is 24.5 Å². The molecule has 0 bridgehead atoms. The predicted molar refractivity (Wildman–Crippen MR) is 86.7 cm³/mol. The monoisotopic (exact) mass is 366 g/mol. The van der Waals surface area contributed by atoms with Crippen molar-refractivity contribution >= 4 is 17.3 Å². The molecule has 2 aliphatic heterocycles. The van der Waals surface area contributed by atoms with Crippen LogP contribution in [0.2, 0.25) is 0 Å². The number of amides is 1. The predicted octanol–water partition coefficient (Wildman–Crippen LogP) is 2.05. The van der Waals surface area contributed by atoms with E-state index in [2.05, 4.69) is 10.9 Å². The molecule has 0 saturated carbocycles. The van der Waals surface area contributed by atoms with E-state index in [1.807, 2.05) is 0 Å². The highest BCUT2D eigenvalue weighted by Crippen LogP contribution is 2.35. The number of halogens is 3. The zero-order chi connectivity index (χ0) is 17.8. The number of fused-ring (bicyclic) bond motifs is 3. The van der Waals surface area contributed by atoms with Crippen molar-refractivity contribution in [1.82, 2.24) is 10.9 Å². The number of hydrogen-bond donors (Lipinski definition) is 3. The first-order valence-corrected chi connectivity index (χ1v) is 7.24. The summed E-state index contributed by atoms with van der Waals surface area (Å²) in [6, 6.07) is 11.0. The molecule has 2 heterocycles. The van der Waals surface area contributed by atoms with E-state index < -0.39 is 11.7 Å². The summed E-state index contributed by atoms with van der Waals surface area (Å²) >= 11 is 0. The van der Waals surface area contributed by atoms with Gasteiger partial charge in [-0.15, -0.1) is 5.53 Å². The van der Waals surface area contributed by atoms with Crippen LogP contribution in [0.25, 0.3) is 0 Å². The van der Waals surface area contributed by atoms with Gasteiger partial charge in [-0.2, -0.15) is 13.2 Å². The normalized spacial score (nSPS) is 16.0. The maximum absolute atomic E-state index is 12.7. The maximum atomic E-state index is 12.7. The summed E-state index contributed by atoms with van der Waals surface area (Å²) in [7, 11) is 0. The molecule has 1 amide bonds. The number of benzene rings is 2. The molecule has 0 saturated heterocycles. The van der Waals surface area contributed by atoms with Crippen molar-refractivity contribution in [2.45, 2.75) is 6.18 Å². The van der Waals surface area contributed by atoms with Gasteiger partial charge in [0.25, 0.3) is 11.8 Å². The second kappa shape index (κ2) is 5.93. The van der Waals surface area contributed by atoms with Crippen molar-refractivity contribution in [1.29, 1.82) is 0 Å². The lowest BCUT2D eigenvalue weighted by molar-refractivity contribution is -0.137. The lowest BCUT2D eigenvalue weighted by Gasteiger charge is -2.28. The third kappa shape index (κ3) is 2.61. The molecule has 0 radical (unpaired) electrons. The van der Waals surface area contributed by atoms with E-state index in [1.165, 1.54) is 22.2 Å². The van der Waals surface area contributed by atoms with Gasteiger partial charge < -0.3 is 15.9 Å². The summed E-state index contributed by atoms with van der Waals surface area (Å²) in [6.07, 6.45) is -4.44. The van der Waals surface area contributed by atoms with E-state index >= 15 is 0 Å². The molecule has 136 valence electrons. The Kier molecular flexibility index (Phi) is 4.01. The van der Waals surface area contributed by atoms with Gasteiger partial charge >= 0.3 is 6.18 Å². The van der Waals surface area contributed by atoms with Crippen molar-refractivity contribution in [3.05, 3.63) is 71.4 Å². The zero-order valence-electron chi connectivity index (χ0n) is 13.0. The van der Waals surface area contributed by atoms with Crippen molar-refractivity contribution in [3.63, 3.8) is 0 Å². The van der Waals surface area contributed by atoms with Gasteiger partial charge in [0.1, 0.15) is 0 Å². The first kappa shape index (κ1) is 17.6. The molecule has 0 aliphatic carbocycles. The van der Waals surface area contributed by atoms with Gasteiger partial charge in [-0.25, -0.2) is 10.0 Å². The largest absolute Gasteiger partial charge is 0.491 e. The Hall–Kier alpha value is -3.24. The van der Waals surface area contributed by atoms with E-state index in [9.17, 15) is 23.1 Å². The van der Waals surface area contributed by atoms with Crippen LogP contribution in [0.15, 0.2) is 60.2 Å². The molecular formula is C16H13F3N4O3. The van der Waals surface area contributed by atoms with Gasteiger partial charge in [0.05, 0.1) is 22.5 Å². The fourth-order valence-electron chi connectivity index (χ4n) is 2.70. The Morgan fingerprint density at radius 2 is 1.62 bits per heavy atom. The molecule has 5 N–H and O–H groups in total. The van der Waals surface area contributed by atoms with Crippen LogP contribution in [-0.4, -0.2) is 16.5 Å². The molecule has 7 nitrogen and oxygen atoms in total. The van der Waals surface area contributed by atoms with Crippen molar-refractivity contribution in [2.24, 2.45) is 0 Å². The molecule has 0 spiro atoms. The first-order valence-electron chi connectivity index (χ1n) is 7.24. The minimum atomic E-state index is -4.44. The van der Waals surface area contributed by atoms with Crippen molar-refractivity contribution in [3.8, 4) is 0 Å². The van der Waals surface area contributed by atoms with Crippen LogP contribution in [0, 0.1) is 0 Å². The summed E-state index contributed by atoms with van der Waals surface area (Å²) in [6.45, 7) is 0. The maximum Gasteiger partial charge on any atom is 0.416 e. The lowest BCUT2D eigenvalue weighted by atomic mass is 10.1. The molecule has 2 aromatic carbocycles. The quantitative estimate of drug-likeness (QED) is 0.717. The lowest BCUT2D eigenvalue weighted by Crippen LogP contribution is -2.47. The Morgan fingerprint density at radius 1 is 0.962 bits per heavy atom. The van der Waals surface area contributed by atoms with Crippen molar-refractivity contribution < 1.29 is 28.5 Å². The number of carbonyl (C=O) groups excluding carboxylic acids is 1. The second-order valence-electron chi connectivity index (χ2n) is 5.46. The molecule has 0 unspecified atom stereocenters. The number of aliphatic hydroxyl groups is 1. The zero-order valence-corrected chi connectivity index (χ0v) is 13.0. The SMILES string of the molecule is O.O=C1NC2=C(O)N(c3ccc(C(F)(F)F)cc3)NN2c2ccccc21. The molecule has 2 aromatic rings. The van der Waals surface area contributed by atoms with E-state index in [1.54, 1.807) is 24.3 Å². The smallest absolute Gasteiger partial charge is 0.416 e. The average molecular weight is 366 g/mol. The van der Waals surface area contributed by atoms with Crippen LogP contribution in [0.1, 0.15) is 15.9 Å². The number of anilines is 2. The Morgan fingerprint density at radius 3 is 2.27 bits per heavy atom. The van der Waals surface area contributed by atoms with Gasteiger partial charge in [0, 0.05) is 0 Å². The summed E-state index contributed by atoms with van der Waals surface area (Å²) in [4.78, 5) is 12.1. The summed E-state index contributed by atoms with van der Waals surface area (Å²) in [5.41, 5.74) is 3.24. The summed E-state index contributed by atoms with van der Waals surface area (Å²) < 4.78 is 38.0. The number of hydrogen-bond acceptors (Lipinski definition) is 5.